The standard InChI is InChI=1S/C16H14N2S2/c1-10-7-11-8-13-12-5-3-4-6-15(12)20-9-14(13)16(19-2)18(11)17-10/h3-8H,9H2,1-2H3. The first kappa shape index (κ1) is 12.4. The van der Waals surface area contributed by atoms with E-state index < -0.39 is 0 Å². The number of aryl methyl sites for hydroxylation is 1. The van der Waals surface area contributed by atoms with Crippen molar-refractivity contribution in [2.45, 2.75) is 22.6 Å². The van der Waals surface area contributed by atoms with Crippen molar-refractivity contribution in [3.05, 3.63) is 47.7 Å². The number of hydrogen-bond acceptors (Lipinski definition) is 3. The molecule has 2 nitrogen and oxygen atoms in total. The molecule has 0 atom stereocenters. The van der Waals surface area contributed by atoms with E-state index in [0.29, 0.717) is 0 Å². The Labute approximate surface area is 126 Å². The largest absolute Gasteiger partial charge is 0.227 e. The molecule has 0 radical (unpaired) electrons. The molecular formula is C16H14N2S2. The van der Waals surface area contributed by atoms with Crippen molar-refractivity contribution in [1.82, 2.24) is 9.61 Å². The molecule has 1 aliphatic rings. The minimum atomic E-state index is 1.03. The molecule has 0 amide bonds. The monoisotopic (exact) mass is 298 g/mol. The molecule has 0 bridgehead atoms. The third-order valence-electron chi connectivity index (χ3n) is 3.67. The third kappa shape index (κ3) is 1.71. The summed E-state index contributed by atoms with van der Waals surface area (Å²) in [4.78, 5) is 1.38. The maximum absolute atomic E-state index is 4.63. The van der Waals surface area contributed by atoms with Gasteiger partial charge in [0.05, 0.1) is 11.2 Å². The van der Waals surface area contributed by atoms with E-state index >= 15 is 0 Å². The molecule has 20 heavy (non-hydrogen) atoms. The summed E-state index contributed by atoms with van der Waals surface area (Å²) < 4.78 is 2.09. The molecule has 0 saturated heterocycles. The van der Waals surface area contributed by atoms with Crippen molar-refractivity contribution in [1.29, 1.82) is 0 Å². The van der Waals surface area contributed by atoms with Gasteiger partial charge >= 0.3 is 0 Å². The van der Waals surface area contributed by atoms with Crippen molar-refractivity contribution < 1.29 is 0 Å². The summed E-state index contributed by atoms with van der Waals surface area (Å²) in [5.41, 5.74) is 6.40. The molecular weight excluding hydrogens is 284 g/mol. The first-order chi connectivity index (χ1) is 9.78. The van der Waals surface area contributed by atoms with Crippen LogP contribution < -0.4 is 0 Å². The minimum absolute atomic E-state index is 1.03. The third-order valence-corrected chi connectivity index (χ3v) is 5.58. The highest BCUT2D eigenvalue weighted by Gasteiger charge is 2.21. The SMILES string of the molecule is CSc1c2c(cc3cc(C)nn13)-c1ccccc1SC2. The Morgan fingerprint density at radius 3 is 2.90 bits per heavy atom. The molecule has 0 aliphatic carbocycles. The number of benzene rings is 1. The van der Waals surface area contributed by atoms with E-state index in [2.05, 4.69) is 59.2 Å². The maximum atomic E-state index is 4.63. The zero-order valence-corrected chi connectivity index (χ0v) is 13.0. The quantitative estimate of drug-likeness (QED) is 0.609. The number of pyridine rings is 1. The lowest BCUT2D eigenvalue weighted by atomic mass is 10.0. The van der Waals surface area contributed by atoms with Crippen LogP contribution in [0.15, 0.2) is 46.3 Å². The summed E-state index contributed by atoms with van der Waals surface area (Å²) in [5, 5.41) is 5.91. The highest BCUT2D eigenvalue weighted by Crippen LogP contribution is 2.44. The predicted molar refractivity (Wildman–Crippen MR) is 86.7 cm³/mol. The molecule has 0 N–H and O–H groups in total. The summed E-state index contributed by atoms with van der Waals surface area (Å²) in [6.45, 7) is 2.05. The van der Waals surface area contributed by atoms with Crippen LogP contribution in [0.25, 0.3) is 16.6 Å². The summed E-state index contributed by atoms with van der Waals surface area (Å²) in [7, 11) is 0. The Hall–Kier alpha value is -1.39. The lowest BCUT2D eigenvalue weighted by Crippen LogP contribution is -2.04. The van der Waals surface area contributed by atoms with Crippen molar-refractivity contribution in [3.8, 4) is 11.1 Å². The van der Waals surface area contributed by atoms with Crippen LogP contribution in [0, 0.1) is 6.92 Å². The van der Waals surface area contributed by atoms with E-state index in [1.54, 1.807) is 11.8 Å². The second-order valence-corrected chi connectivity index (χ2v) is 6.77. The van der Waals surface area contributed by atoms with E-state index in [9.17, 15) is 0 Å². The van der Waals surface area contributed by atoms with Crippen molar-refractivity contribution in [2.75, 3.05) is 6.26 Å². The van der Waals surface area contributed by atoms with Gasteiger partial charge in [0.15, 0.2) is 0 Å². The molecule has 0 saturated carbocycles. The molecule has 0 unspecified atom stereocenters. The summed E-state index contributed by atoms with van der Waals surface area (Å²) in [5.74, 6) is 1.03. The van der Waals surface area contributed by atoms with Crippen molar-refractivity contribution in [2.24, 2.45) is 0 Å². The molecule has 4 heteroatoms. The van der Waals surface area contributed by atoms with Gasteiger partial charge in [-0.15, -0.1) is 23.5 Å². The number of fused-ring (bicyclic) bond motifs is 4. The zero-order valence-electron chi connectivity index (χ0n) is 11.4. The maximum Gasteiger partial charge on any atom is 0.103 e. The molecule has 2 aromatic heterocycles. The number of hydrogen-bond donors (Lipinski definition) is 0. The number of aromatic nitrogens is 2. The van der Waals surface area contributed by atoms with Gasteiger partial charge < -0.3 is 0 Å². The van der Waals surface area contributed by atoms with Gasteiger partial charge in [0, 0.05) is 16.2 Å². The first-order valence-corrected chi connectivity index (χ1v) is 8.77. The molecule has 3 heterocycles. The van der Waals surface area contributed by atoms with Gasteiger partial charge in [-0.1, -0.05) is 18.2 Å². The fourth-order valence-electron chi connectivity index (χ4n) is 2.82. The van der Waals surface area contributed by atoms with Crippen LogP contribution in [0.5, 0.6) is 0 Å². The molecule has 100 valence electrons. The Bertz CT molecular complexity index is 821. The van der Waals surface area contributed by atoms with Crippen molar-refractivity contribution >= 4 is 29.0 Å². The van der Waals surface area contributed by atoms with E-state index in [1.807, 2.05) is 11.8 Å². The van der Waals surface area contributed by atoms with E-state index in [4.69, 9.17) is 0 Å². The fourth-order valence-corrected chi connectivity index (χ4v) is 4.76. The Morgan fingerprint density at radius 1 is 1.20 bits per heavy atom. The van der Waals surface area contributed by atoms with Crippen LogP contribution in [0.2, 0.25) is 0 Å². The smallest absolute Gasteiger partial charge is 0.103 e. The van der Waals surface area contributed by atoms with Crippen LogP contribution in [0.3, 0.4) is 0 Å². The minimum Gasteiger partial charge on any atom is -0.227 e. The summed E-state index contributed by atoms with van der Waals surface area (Å²) in [6.07, 6.45) is 2.14. The molecule has 0 fully saturated rings. The van der Waals surface area contributed by atoms with Crippen LogP contribution in [0.4, 0.5) is 0 Å². The number of thioether (sulfide) groups is 2. The first-order valence-electron chi connectivity index (χ1n) is 6.56. The zero-order chi connectivity index (χ0) is 13.7. The summed E-state index contributed by atoms with van der Waals surface area (Å²) >= 11 is 3.71. The van der Waals surface area contributed by atoms with Gasteiger partial charge in [-0.3, -0.25) is 0 Å². The number of rotatable bonds is 1. The molecule has 3 aromatic rings. The molecule has 4 rings (SSSR count). The fraction of sp³-hybridized carbons (Fsp3) is 0.188. The molecule has 1 aliphatic heterocycles. The average Bonchev–Trinajstić information content (AvgIpc) is 2.84. The molecule has 0 spiro atoms. The Balaban J connectivity index is 2.10. The second kappa shape index (κ2) is 4.57. The van der Waals surface area contributed by atoms with Gasteiger partial charge in [-0.25, -0.2) is 4.52 Å². The van der Waals surface area contributed by atoms with Gasteiger partial charge in [0.25, 0.3) is 0 Å². The lowest BCUT2D eigenvalue weighted by Gasteiger charge is -2.22. The summed E-state index contributed by atoms with van der Waals surface area (Å²) in [6, 6.07) is 13.1. The second-order valence-electron chi connectivity index (χ2n) is 4.95. The average molecular weight is 298 g/mol. The van der Waals surface area contributed by atoms with Crippen molar-refractivity contribution in [3.63, 3.8) is 0 Å². The lowest BCUT2D eigenvalue weighted by molar-refractivity contribution is 0.830. The van der Waals surface area contributed by atoms with E-state index in [0.717, 1.165) is 11.4 Å². The van der Waals surface area contributed by atoms with Gasteiger partial charge in [0.1, 0.15) is 5.03 Å². The van der Waals surface area contributed by atoms with Crippen LogP contribution >= 0.6 is 23.5 Å². The van der Waals surface area contributed by atoms with E-state index in [1.165, 1.54) is 32.1 Å². The Kier molecular flexibility index (Phi) is 2.82. The Morgan fingerprint density at radius 2 is 2.05 bits per heavy atom. The highest BCUT2D eigenvalue weighted by atomic mass is 32.2. The number of nitrogens with zero attached hydrogens (tertiary/aromatic N) is 2. The van der Waals surface area contributed by atoms with Crippen LogP contribution in [-0.2, 0) is 5.75 Å². The topological polar surface area (TPSA) is 17.3 Å². The molecule has 1 aromatic carbocycles. The normalized spacial score (nSPS) is 13.3. The van der Waals surface area contributed by atoms with Crippen LogP contribution in [-0.4, -0.2) is 15.9 Å². The van der Waals surface area contributed by atoms with Gasteiger partial charge in [0.2, 0.25) is 0 Å². The van der Waals surface area contributed by atoms with Gasteiger partial charge in [-0.05, 0) is 42.5 Å². The van der Waals surface area contributed by atoms with E-state index in [-0.39, 0.29) is 0 Å². The highest BCUT2D eigenvalue weighted by molar-refractivity contribution is 7.99. The predicted octanol–water partition coefficient (Wildman–Crippen LogP) is 4.64. The van der Waals surface area contributed by atoms with Gasteiger partial charge in [-0.2, -0.15) is 5.10 Å². The van der Waals surface area contributed by atoms with Crippen LogP contribution in [0.1, 0.15) is 11.3 Å².